The Balaban J connectivity index is 0.000000235. The van der Waals surface area contributed by atoms with Gasteiger partial charge in [-0.25, -0.2) is 0 Å². The number of allylic oxidation sites excluding steroid dienone is 4. The summed E-state index contributed by atoms with van der Waals surface area (Å²) in [5, 5.41) is 3.27. The Bertz CT molecular complexity index is 591. The van der Waals surface area contributed by atoms with E-state index in [1.165, 1.54) is 51.1 Å². The highest BCUT2D eigenvalue weighted by atomic mass is 14.8. The number of hydrogen-bond acceptors (Lipinski definition) is 1. The van der Waals surface area contributed by atoms with E-state index in [9.17, 15) is 0 Å². The van der Waals surface area contributed by atoms with Gasteiger partial charge in [0.25, 0.3) is 0 Å². The Morgan fingerprint density at radius 2 is 0.864 bits per heavy atom. The molecular formula is C21H33N. The van der Waals surface area contributed by atoms with Crippen molar-refractivity contribution in [2.75, 3.05) is 12.4 Å². The van der Waals surface area contributed by atoms with Gasteiger partial charge in [-0.05, 0) is 108 Å². The number of anilines is 1. The van der Waals surface area contributed by atoms with Gasteiger partial charge in [0, 0.05) is 12.7 Å². The first-order valence-corrected chi connectivity index (χ1v) is 8.21. The third-order valence-corrected chi connectivity index (χ3v) is 5.62. The van der Waals surface area contributed by atoms with Crippen molar-refractivity contribution >= 4 is 5.69 Å². The van der Waals surface area contributed by atoms with Crippen molar-refractivity contribution in [3.8, 4) is 0 Å². The van der Waals surface area contributed by atoms with Crippen LogP contribution < -0.4 is 5.32 Å². The van der Waals surface area contributed by atoms with Crippen LogP contribution in [-0.2, 0) is 0 Å². The van der Waals surface area contributed by atoms with Gasteiger partial charge in [0.15, 0.2) is 0 Å². The Hall–Kier alpha value is -1.50. The van der Waals surface area contributed by atoms with E-state index < -0.39 is 0 Å². The molecule has 22 heavy (non-hydrogen) atoms. The lowest BCUT2D eigenvalue weighted by atomic mass is 9.93. The molecule has 0 spiro atoms. The van der Waals surface area contributed by atoms with Crippen molar-refractivity contribution in [1.82, 2.24) is 0 Å². The molecule has 122 valence electrons. The molecule has 0 unspecified atom stereocenters. The second kappa shape index (κ2) is 7.17. The van der Waals surface area contributed by atoms with Gasteiger partial charge in [-0.2, -0.15) is 0 Å². The van der Waals surface area contributed by atoms with Crippen molar-refractivity contribution in [3.63, 3.8) is 0 Å². The molecule has 0 saturated heterocycles. The molecule has 1 heteroatoms. The summed E-state index contributed by atoms with van der Waals surface area (Å²) in [4.78, 5) is 0. The molecule has 0 heterocycles. The Morgan fingerprint density at radius 1 is 0.545 bits per heavy atom. The van der Waals surface area contributed by atoms with Crippen molar-refractivity contribution in [1.29, 1.82) is 0 Å². The van der Waals surface area contributed by atoms with E-state index in [1.54, 1.807) is 11.1 Å². The van der Waals surface area contributed by atoms with E-state index in [0.717, 1.165) is 0 Å². The highest BCUT2D eigenvalue weighted by Gasteiger charge is 2.11. The molecule has 0 atom stereocenters. The van der Waals surface area contributed by atoms with Crippen LogP contribution in [0.1, 0.15) is 61.9 Å². The van der Waals surface area contributed by atoms with Crippen molar-refractivity contribution < 1.29 is 0 Å². The molecule has 1 nitrogen and oxygen atoms in total. The molecule has 0 aromatic heterocycles. The third-order valence-electron chi connectivity index (χ3n) is 5.62. The second-order valence-corrected chi connectivity index (χ2v) is 6.74. The fourth-order valence-electron chi connectivity index (χ4n) is 3.18. The van der Waals surface area contributed by atoms with E-state index >= 15 is 0 Å². The molecule has 0 saturated carbocycles. The Morgan fingerprint density at radius 3 is 1.09 bits per heavy atom. The van der Waals surface area contributed by atoms with E-state index in [1.807, 2.05) is 7.05 Å². The Kier molecular flexibility index (Phi) is 6.05. The van der Waals surface area contributed by atoms with E-state index in [2.05, 4.69) is 67.6 Å². The molecule has 1 aromatic rings. The number of rotatable bonds is 1. The van der Waals surface area contributed by atoms with Gasteiger partial charge in [-0.1, -0.05) is 11.1 Å². The van der Waals surface area contributed by atoms with Crippen molar-refractivity contribution in [2.45, 2.75) is 68.7 Å². The minimum Gasteiger partial charge on any atom is -0.388 e. The van der Waals surface area contributed by atoms with E-state index in [0.29, 0.717) is 0 Å². The van der Waals surface area contributed by atoms with Crippen LogP contribution in [0.4, 0.5) is 5.69 Å². The van der Waals surface area contributed by atoms with Gasteiger partial charge < -0.3 is 5.32 Å². The van der Waals surface area contributed by atoms with Crippen LogP contribution in [-0.4, -0.2) is 7.05 Å². The zero-order chi connectivity index (χ0) is 17.2. The lowest BCUT2D eigenvalue weighted by molar-refractivity contribution is 1.13. The fourth-order valence-corrected chi connectivity index (χ4v) is 3.18. The van der Waals surface area contributed by atoms with Crippen LogP contribution in [0.2, 0.25) is 0 Å². The summed E-state index contributed by atoms with van der Waals surface area (Å²) in [6.45, 7) is 19.8. The van der Waals surface area contributed by atoms with Crippen LogP contribution in [0.5, 0.6) is 0 Å². The van der Waals surface area contributed by atoms with Crippen LogP contribution in [0.3, 0.4) is 0 Å². The molecule has 1 N–H and O–H groups in total. The van der Waals surface area contributed by atoms with E-state index in [-0.39, 0.29) is 0 Å². The second-order valence-electron chi connectivity index (χ2n) is 6.74. The lowest BCUT2D eigenvalue weighted by Gasteiger charge is -2.17. The maximum atomic E-state index is 3.27. The van der Waals surface area contributed by atoms with Crippen LogP contribution in [0.15, 0.2) is 22.3 Å². The molecule has 0 aliphatic heterocycles. The minimum atomic E-state index is 1.21. The molecular weight excluding hydrogens is 266 g/mol. The topological polar surface area (TPSA) is 12.0 Å². The summed E-state index contributed by atoms with van der Waals surface area (Å²) >= 11 is 0. The summed E-state index contributed by atoms with van der Waals surface area (Å²) in [6, 6.07) is 0. The standard InChI is InChI=1S/C12H19N.C9H14/c1-7-8(2)10(4)12(13-6)11(5)9(7)3;1-6-5-7(2)9(4)8(6)3/h13H,1-6H3;5H2,1-4H3. The monoisotopic (exact) mass is 299 g/mol. The fraction of sp³-hybridized carbons (Fsp3) is 0.524. The zero-order valence-corrected chi connectivity index (χ0v) is 16.2. The first kappa shape index (κ1) is 18.5. The predicted octanol–water partition coefficient (Wildman–Crippen LogP) is 6.33. The van der Waals surface area contributed by atoms with Gasteiger partial charge >= 0.3 is 0 Å². The van der Waals surface area contributed by atoms with Gasteiger partial charge in [-0.15, -0.1) is 0 Å². The molecule has 1 aliphatic carbocycles. The minimum absolute atomic E-state index is 1.21. The van der Waals surface area contributed by atoms with E-state index in [4.69, 9.17) is 0 Å². The first-order valence-electron chi connectivity index (χ1n) is 8.21. The van der Waals surface area contributed by atoms with Gasteiger partial charge in [0.2, 0.25) is 0 Å². The van der Waals surface area contributed by atoms with Gasteiger partial charge in [-0.3, -0.25) is 0 Å². The molecule has 0 amide bonds. The summed E-state index contributed by atoms with van der Waals surface area (Å²) in [5.74, 6) is 0. The molecule has 0 fully saturated rings. The highest BCUT2D eigenvalue weighted by molar-refractivity contribution is 5.64. The zero-order valence-electron chi connectivity index (χ0n) is 16.2. The SMILES string of the molecule is CC1=C(C)C(C)=C(C)C1.CNc1c(C)c(C)c(C)c(C)c1C. The normalized spacial score (nSPS) is 14.3. The number of hydrogen-bond donors (Lipinski definition) is 1. The van der Waals surface area contributed by atoms with Crippen molar-refractivity contribution in [3.05, 3.63) is 50.1 Å². The summed E-state index contributed by atoms with van der Waals surface area (Å²) in [7, 11) is 1.99. The van der Waals surface area contributed by atoms with Gasteiger partial charge in [0.1, 0.15) is 0 Å². The first-order chi connectivity index (χ1) is 10.1. The van der Waals surface area contributed by atoms with Crippen LogP contribution in [0.25, 0.3) is 0 Å². The maximum absolute atomic E-state index is 3.27. The molecule has 1 aromatic carbocycles. The van der Waals surface area contributed by atoms with Crippen LogP contribution in [0, 0.1) is 34.6 Å². The average molecular weight is 300 g/mol. The number of nitrogens with one attached hydrogen (secondary N) is 1. The lowest BCUT2D eigenvalue weighted by Crippen LogP contribution is -2.02. The average Bonchev–Trinajstić information content (AvgIpc) is 2.71. The summed E-state index contributed by atoms with van der Waals surface area (Å²) < 4.78 is 0. The smallest absolute Gasteiger partial charge is 0.0402 e. The third kappa shape index (κ3) is 3.45. The van der Waals surface area contributed by atoms with Gasteiger partial charge in [0.05, 0.1) is 0 Å². The van der Waals surface area contributed by atoms with Crippen molar-refractivity contribution in [2.24, 2.45) is 0 Å². The predicted molar refractivity (Wildman–Crippen MR) is 101 cm³/mol. The largest absolute Gasteiger partial charge is 0.388 e. The van der Waals surface area contributed by atoms with Crippen LogP contribution >= 0.6 is 0 Å². The molecule has 0 bridgehead atoms. The number of benzene rings is 1. The highest BCUT2D eigenvalue weighted by Crippen LogP contribution is 2.30. The summed E-state index contributed by atoms with van der Waals surface area (Å²) in [6.07, 6.45) is 1.21. The quantitative estimate of drug-likeness (QED) is 0.638. The maximum Gasteiger partial charge on any atom is 0.0402 e. The molecule has 0 radical (unpaired) electrons. The Labute approximate surface area is 137 Å². The molecule has 1 aliphatic rings. The summed E-state index contributed by atoms with van der Waals surface area (Å²) in [5.41, 5.74) is 14.4. The molecule has 2 rings (SSSR count).